The number of halogens is 1. The molecule has 0 aliphatic heterocycles. The number of carboxylic acid groups (broad SMARTS) is 1. The van der Waals surface area contributed by atoms with Crippen LogP contribution < -0.4 is 0 Å². The molecular formula is C24H37BrO3. The third-order valence-corrected chi connectivity index (χ3v) is 11.0. The van der Waals surface area contributed by atoms with Gasteiger partial charge in [-0.15, -0.1) is 0 Å². The van der Waals surface area contributed by atoms with Gasteiger partial charge in [0.25, 0.3) is 0 Å². The third kappa shape index (κ3) is 2.94. The number of fused-ring (bicyclic) bond motifs is 5. The fourth-order valence-electron chi connectivity index (χ4n) is 8.55. The lowest BCUT2D eigenvalue weighted by Crippen LogP contribution is -2.61. The molecule has 4 aliphatic rings. The van der Waals surface area contributed by atoms with Crippen molar-refractivity contribution in [3.8, 4) is 0 Å². The van der Waals surface area contributed by atoms with Crippen LogP contribution in [0, 0.1) is 46.3 Å². The van der Waals surface area contributed by atoms with Gasteiger partial charge in [-0.05, 0) is 85.9 Å². The largest absolute Gasteiger partial charge is 0.481 e. The zero-order chi connectivity index (χ0) is 20.3. The van der Waals surface area contributed by atoms with Crippen LogP contribution in [0.15, 0.2) is 0 Å². The third-order valence-electron chi connectivity index (χ3n) is 9.97. The van der Waals surface area contributed by atoms with Gasteiger partial charge in [0.1, 0.15) is 0 Å². The Morgan fingerprint density at radius 2 is 1.93 bits per heavy atom. The van der Waals surface area contributed by atoms with Crippen LogP contribution in [-0.2, 0) is 9.59 Å². The quantitative estimate of drug-likeness (QED) is 0.524. The number of carboxylic acids is 1. The van der Waals surface area contributed by atoms with Gasteiger partial charge in [-0.1, -0.05) is 49.5 Å². The zero-order valence-corrected chi connectivity index (χ0v) is 19.3. The summed E-state index contributed by atoms with van der Waals surface area (Å²) in [6.07, 6.45) is 11.1. The maximum Gasteiger partial charge on any atom is 0.303 e. The highest BCUT2D eigenvalue weighted by atomic mass is 79.9. The van der Waals surface area contributed by atoms with Crippen LogP contribution in [0.5, 0.6) is 0 Å². The van der Waals surface area contributed by atoms with Crippen molar-refractivity contribution in [2.75, 3.05) is 0 Å². The van der Waals surface area contributed by atoms with Crippen molar-refractivity contribution in [1.82, 2.24) is 0 Å². The van der Waals surface area contributed by atoms with Crippen molar-refractivity contribution in [1.29, 1.82) is 0 Å². The highest BCUT2D eigenvalue weighted by Gasteiger charge is 2.66. The molecule has 4 rings (SSSR count). The van der Waals surface area contributed by atoms with Crippen LogP contribution in [0.4, 0.5) is 0 Å². The summed E-state index contributed by atoms with van der Waals surface area (Å²) in [5.74, 6) is 2.80. The zero-order valence-electron chi connectivity index (χ0n) is 17.8. The minimum Gasteiger partial charge on any atom is -0.481 e. The highest BCUT2D eigenvalue weighted by molar-refractivity contribution is 9.10. The lowest BCUT2D eigenvalue weighted by molar-refractivity contribution is -0.155. The lowest BCUT2D eigenvalue weighted by atomic mass is 9.44. The van der Waals surface area contributed by atoms with Gasteiger partial charge in [-0.2, -0.15) is 0 Å². The minimum absolute atomic E-state index is 0.0167. The summed E-state index contributed by atoms with van der Waals surface area (Å²) in [4.78, 5) is 25.0. The Balaban J connectivity index is 1.63. The van der Waals surface area contributed by atoms with E-state index in [9.17, 15) is 9.59 Å². The maximum absolute atomic E-state index is 13.9. The smallest absolute Gasteiger partial charge is 0.303 e. The van der Waals surface area contributed by atoms with Gasteiger partial charge in [0.05, 0.1) is 4.83 Å². The highest BCUT2D eigenvalue weighted by Crippen LogP contribution is 2.68. The molecule has 0 aromatic heterocycles. The number of hydrogen-bond acceptors (Lipinski definition) is 2. The monoisotopic (exact) mass is 452 g/mol. The first kappa shape index (κ1) is 20.9. The average molecular weight is 453 g/mol. The van der Waals surface area contributed by atoms with Crippen LogP contribution >= 0.6 is 15.9 Å². The van der Waals surface area contributed by atoms with E-state index in [2.05, 4.69) is 36.7 Å². The molecule has 1 N–H and O–H groups in total. The van der Waals surface area contributed by atoms with Gasteiger partial charge in [0.2, 0.25) is 0 Å². The lowest BCUT2D eigenvalue weighted by Gasteiger charge is -2.61. The van der Waals surface area contributed by atoms with Crippen LogP contribution in [-0.4, -0.2) is 21.7 Å². The summed E-state index contributed by atoms with van der Waals surface area (Å²) >= 11 is 3.96. The number of rotatable bonds is 4. The molecule has 9 atom stereocenters. The molecular weight excluding hydrogens is 416 g/mol. The fourth-order valence-corrected chi connectivity index (χ4v) is 10.0. The van der Waals surface area contributed by atoms with Crippen molar-refractivity contribution >= 4 is 27.7 Å². The number of ketones is 1. The summed E-state index contributed by atoms with van der Waals surface area (Å²) in [6, 6.07) is 0. The van der Waals surface area contributed by atoms with Gasteiger partial charge >= 0.3 is 5.97 Å². The van der Waals surface area contributed by atoms with Gasteiger partial charge in [-0.3, -0.25) is 9.59 Å². The van der Waals surface area contributed by atoms with Crippen molar-refractivity contribution in [3.63, 3.8) is 0 Å². The first-order valence-electron chi connectivity index (χ1n) is 11.6. The molecule has 0 saturated heterocycles. The molecule has 0 aromatic rings. The number of alkyl halides is 1. The van der Waals surface area contributed by atoms with E-state index in [1.54, 1.807) is 0 Å². The molecule has 4 aliphatic carbocycles. The molecule has 0 radical (unpaired) electrons. The summed E-state index contributed by atoms with van der Waals surface area (Å²) in [5, 5.41) is 9.11. The molecule has 3 nitrogen and oxygen atoms in total. The van der Waals surface area contributed by atoms with Crippen LogP contribution in [0.25, 0.3) is 0 Å². The number of carbonyl (C=O) groups excluding carboxylic acids is 1. The molecule has 28 heavy (non-hydrogen) atoms. The van der Waals surface area contributed by atoms with E-state index in [1.165, 1.54) is 38.5 Å². The molecule has 4 heteroatoms. The molecule has 0 spiro atoms. The SMILES string of the molecule is CC(CCC(=O)O)C1CCC2C3CCC4CCCCC4(C)C3[C@H](Br)C(=O)C12C. The summed E-state index contributed by atoms with van der Waals surface area (Å²) in [6.45, 7) is 6.93. The molecule has 0 aromatic carbocycles. The van der Waals surface area contributed by atoms with Gasteiger partial charge in [0.15, 0.2) is 5.78 Å². The Morgan fingerprint density at radius 3 is 2.64 bits per heavy atom. The van der Waals surface area contributed by atoms with Crippen molar-refractivity contribution in [3.05, 3.63) is 0 Å². The maximum atomic E-state index is 13.9. The Kier molecular flexibility index (Phi) is 5.51. The van der Waals surface area contributed by atoms with E-state index in [-0.39, 0.29) is 16.7 Å². The van der Waals surface area contributed by atoms with E-state index in [0.29, 0.717) is 47.2 Å². The second kappa shape index (κ2) is 7.39. The second-order valence-corrected chi connectivity index (χ2v) is 12.0. The minimum atomic E-state index is -0.719. The molecule has 158 valence electrons. The normalized spacial score (nSPS) is 49.1. The number of aliphatic carboxylic acids is 1. The number of hydrogen-bond donors (Lipinski definition) is 1. The van der Waals surface area contributed by atoms with E-state index < -0.39 is 5.97 Å². The predicted octanol–water partition coefficient (Wildman–Crippen LogP) is 6.09. The van der Waals surface area contributed by atoms with Gasteiger partial charge in [0, 0.05) is 11.8 Å². The molecule has 0 amide bonds. The topological polar surface area (TPSA) is 54.4 Å². The van der Waals surface area contributed by atoms with E-state index in [1.807, 2.05) is 0 Å². The summed E-state index contributed by atoms with van der Waals surface area (Å²) in [5.41, 5.74) is 0.0461. The molecule has 0 bridgehead atoms. The van der Waals surface area contributed by atoms with Crippen LogP contribution in [0.2, 0.25) is 0 Å². The number of carbonyl (C=O) groups is 2. The Hall–Kier alpha value is -0.380. The van der Waals surface area contributed by atoms with Gasteiger partial charge < -0.3 is 5.11 Å². The fraction of sp³-hybridized carbons (Fsp3) is 0.917. The Labute approximate surface area is 178 Å². The Morgan fingerprint density at radius 1 is 1.18 bits per heavy atom. The van der Waals surface area contributed by atoms with Crippen molar-refractivity contribution in [2.45, 2.75) is 89.8 Å². The van der Waals surface area contributed by atoms with Gasteiger partial charge in [-0.25, -0.2) is 0 Å². The van der Waals surface area contributed by atoms with E-state index in [0.717, 1.165) is 18.8 Å². The molecule has 8 unspecified atom stereocenters. The first-order valence-corrected chi connectivity index (χ1v) is 12.5. The summed E-state index contributed by atoms with van der Waals surface area (Å²) < 4.78 is 0. The Bertz CT molecular complexity index is 648. The van der Waals surface area contributed by atoms with E-state index in [4.69, 9.17) is 5.11 Å². The average Bonchev–Trinajstić information content (AvgIpc) is 3.01. The molecule has 0 heterocycles. The predicted molar refractivity (Wildman–Crippen MR) is 114 cm³/mol. The standard InChI is InChI=1S/C24H37BrO3/c1-14(7-12-19(26)27)17-10-11-18-16-9-8-15-6-4-5-13-23(15,2)20(16)21(25)22(28)24(17,18)3/h14-18,20-21H,4-13H2,1-3H3,(H,26,27)/t14?,15?,16?,17?,18?,20?,21-,23?,24?/m0/s1. The molecule has 4 fully saturated rings. The summed E-state index contributed by atoms with van der Waals surface area (Å²) in [7, 11) is 0. The van der Waals surface area contributed by atoms with Crippen LogP contribution in [0.3, 0.4) is 0 Å². The molecule has 4 saturated carbocycles. The van der Waals surface area contributed by atoms with Crippen molar-refractivity contribution in [2.24, 2.45) is 46.3 Å². The second-order valence-electron chi connectivity index (χ2n) is 11.0. The first-order chi connectivity index (χ1) is 13.2. The van der Waals surface area contributed by atoms with Crippen molar-refractivity contribution < 1.29 is 14.7 Å². The van der Waals surface area contributed by atoms with E-state index >= 15 is 0 Å². The number of Topliss-reactive ketones (excluding diaryl/α,β-unsaturated/α-hetero) is 1. The van der Waals surface area contributed by atoms with Crippen LogP contribution in [0.1, 0.15) is 85.0 Å².